The van der Waals surface area contributed by atoms with Gasteiger partial charge in [0.15, 0.2) is 0 Å². The monoisotopic (exact) mass is 275 g/mol. The molecule has 1 aromatic heterocycles. The molecule has 1 N–H and O–H groups in total. The Bertz CT molecular complexity index is 457. The molecule has 0 saturated carbocycles. The summed E-state index contributed by atoms with van der Waals surface area (Å²) >= 11 is 0. The van der Waals surface area contributed by atoms with Crippen LogP contribution in [0.15, 0.2) is 6.33 Å². The average molecular weight is 275 g/mol. The second kappa shape index (κ2) is 6.81. The molecule has 0 aliphatic rings. The van der Waals surface area contributed by atoms with Crippen LogP contribution in [0.2, 0.25) is 0 Å². The first-order chi connectivity index (χ1) is 8.45. The van der Waals surface area contributed by atoms with Crippen molar-refractivity contribution in [2.75, 3.05) is 25.9 Å². The summed E-state index contributed by atoms with van der Waals surface area (Å²) in [7, 11) is -1.23. The third-order valence-electron chi connectivity index (χ3n) is 2.67. The Morgan fingerprint density at radius 3 is 2.72 bits per heavy atom. The van der Waals surface area contributed by atoms with Gasteiger partial charge in [-0.3, -0.25) is 4.68 Å². The van der Waals surface area contributed by atoms with Gasteiger partial charge in [-0.2, -0.15) is 5.10 Å². The van der Waals surface area contributed by atoms with Crippen molar-refractivity contribution in [1.82, 2.24) is 24.4 Å². The Morgan fingerprint density at radius 1 is 1.50 bits per heavy atom. The van der Waals surface area contributed by atoms with Gasteiger partial charge in [0, 0.05) is 20.1 Å². The molecule has 0 saturated heterocycles. The van der Waals surface area contributed by atoms with Crippen LogP contribution in [-0.2, 0) is 23.6 Å². The number of sulfonamides is 1. The second-order valence-corrected chi connectivity index (χ2v) is 6.07. The van der Waals surface area contributed by atoms with Gasteiger partial charge < -0.3 is 5.32 Å². The van der Waals surface area contributed by atoms with Crippen LogP contribution in [0.3, 0.4) is 0 Å². The molecule has 1 heterocycles. The van der Waals surface area contributed by atoms with Gasteiger partial charge in [-0.15, -0.1) is 0 Å². The quantitative estimate of drug-likeness (QED) is 0.652. The summed E-state index contributed by atoms with van der Waals surface area (Å²) in [6, 6.07) is 0. The summed E-state index contributed by atoms with van der Waals surface area (Å²) in [5, 5.41) is 7.18. The topological polar surface area (TPSA) is 80.1 Å². The molecule has 8 heteroatoms. The maximum absolute atomic E-state index is 11.3. The van der Waals surface area contributed by atoms with Crippen LogP contribution in [-0.4, -0.2) is 53.4 Å². The Labute approximate surface area is 108 Å². The van der Waals surface area contributed by atoms with E-state index in [1.165, 1.54) is 16.9 Å². The maximum Gasteiger partial charge on any atom is 0.211 e. The van der Waals surface area contributed by atoms with Gasteiger partial charge in [-0.05, 0) is 13.0 Å². The molecule has 0 bridgehead atoms. The predicted octanol–water partition coefficient (Wildman–Crippen LogP) is -0.424. The van der Waals surface area contributed by atoms with Crippen LogP contribution in [0.1, 0.15) is 19.2 Å². The van der Waals surface area contributed by atoms with E-state index in [2.05, 4.69) is 15.4 Å². The van der Waals surface area contributed by atoms with Gasteiger partial charge in [-0.1, -0.05) is 6.92 Å². The van der Waals surface area contributed by atoms with Gasteiger partial charge in [0.25, 0.3) is 0 Å². The van der Waals surface area contributed by atoms with E-state index in [-0.39, 0.29) is 0 Å². The first kappa shape index (κ1) is 15.1. The molecule has 104 valence electrons. The van der Waals surface area contributed by atoms with Gasteiger partial charge in [0.05, 0.1) is 12.8 Å². The number of nitrogens with one attached hydrogen (secondary N) is 1. The van der Waals surface area contributed by atoms with Crippen LogP contribution in [0.4, 0.5) is 0 Å². The molecule has 1 aromatic rings. The third-order valence-corrected chi connectivity index (χ3v) is 4.05. The molecular formula is C10H21N5O2S. The summed E-state index contributed by atoms with van der Waals surface area (Å²) in [5.74, 6) is 0.866. The molecule has 7 nitrogen and oxygen atoms in total. The molecule has 0 aliphatic heterocycles. The molecule has 0 spiro atoms. The van der Waals surface area contributed by atoms with Gasteiger partial charge in [-0.25, -0.2) is 17.7 Å². The van der Waals surface area contributed by atoms with E-state index < -0.39 is 10.0 Å². The third kappa shape index (κ3) is 4.71. The van der Waals surface area contributed by atoms with E-state index in [9.17, 15) is 8.42 Å². The number of rotatable bonds is 8. The van der Waals surface area contributed by atoms with Gasteiger partial charge >= 0.3 is 0 Å². The largest absolute Gasteiger partial charge is 0.310 e. The van der Waals surface area contributed by atoms with Crippen LogP contribution >= 0.6 is 0 Å². The molecule has 0 aliphatic carbocycles. The fourth-order valence-electron chi connectivity index (χ4n) is 1.62. The zero-order valence-corrected chi connectivity index (χ0v) is 11.9. The van der Waals surface area contributed by atoms with Crippen molar-refractivity contribution >= 4 is 10.0 Å². The number of hydrogen-bond acceptors (Lipinski definition) is 5. The van der Waals surface area contributed by atoms with E-state index in [1.54, 1.807) is 4.68 Å². The summed E-state index contributed by atoms with van der Waals surface area (Å²) in [6.45, 7) is 4.29. The van der Waals surface area contributed by atoms with Crippen molar-refractivity contribution < 1.29 is 8.42 Å². The smallest absolute Gasteiger partial charge is 0.211 e. The first-order valence-electron chi connectivity index (χ1n) is 5.94. The van der Waals surface area contributed by atoms with Crippen molar-refractivity contribution in [3.63, 3.8) is 0 Å². The number of nitrogens with zero attached hydrogens (tertiary/aromatic N) is 4. The van der Waals surface area contributed by atoms with Crippen molar-refractivity contribution in [3.05, 3.63) is 12.2 Å². The minimum absolute atomic E-state index is 0.516. The van der Waals surface area contributed by atoms with Crippen LogP contribution in [0.25, 0.3) is 0 Å². The van der Waals surface area contributed by atoms with E-state index in [1.807, 2.05) is 14.0 Å². The highest BCUT2D eigenvalue weighted by atomic mass is 32.2. The first-order valence-corrected chi connectivity index (χ1v) is 7.78. The Kier molecular flexibility index (Phi) is 5.70. The van der Waals surface area contributed by atoms with Gasteiger partial charge in [0.1, 0.15) is 12.2 Å². The Hall–Kier alpha value is -0.990. The molecule has 0 unspecified atom stereocenters. The lowest BCUT2D eigenvalue weighted by Gasteiger charge is -2.17. The van der Waals surface area contributed by atoms with E-state index >= 15 is 0 Å². The minimum atomic E-state index is -3.07. The molecule has 1 rings (SSSR count). The SMILES string of the molecule is CCN(CCCNCc1ncnn1C)S(C)(=O)=O. The summed E-state index contributed by atoms with van der Waals surface area (Å²) in [6.07, 6.45) is 3.53. The molecule has 0 amide bonds. The molecule has 18 heavy (non-hydrogen) atoms. The number of aromatic nitrogens is 3. The zero-order chi connectivity index (χ0) is 13.6. The van der Waals surface area contributed by atoms with E-state index in [4.69, 9.17) is 0 Å². The number of hydrogen-bond donors (Lipinski definition) is 1. The lowest BCUT2D eigenvalue weighted by Crippen LogP contribution is -2.32. The highest BCUT2D eigenvalue weighted by molar-refractivity contribution is 7.88. The molecule has 0 atom stereocenters. The van der Waals surface area contributed by atoms with Crippen LogP contribution < -0.4 is 5.32 Å². The van der Waals surface area contributed by atoms with Crippen molar-refractivity contribution in [2.24, 2.45) is 7.05 Å². The van der Waals surface area contributed by atoms with Crippen LogP contribution in [0, 0.1) is 0 Å². The zero-order valence-electron chi connectivity index (χ0n) is 11.1. The fourth-order valence-corrected chi connectivity index (χ4v) is 2.55. The fraction of sp³-hybridized carbons (Fsp3) is 0.800. The Morgan fingerprint density at radius 2 is 2.22 bits per heavy atom. The average Bonchev–Trinajstić information content (AvgIpc) is 2.67. The summed E-state index contributed by atoms with van der Waals surface area (Å²) < 4.78 is 25.9. The molecule has 0 radical (unpaired) electrons. The van der Waals surface area contributed by atoms with Gasteiger partial charge in [0.2, 0.25) is 10.0 Å². The maximum atomic E-state index is 11.3. The standard InChI is InChI=1S/C10H21N5O2S/c1-4-15(18(3,16)17)7-5-6-11-8-10-12-9-13-14(10)2/h9,11H,4-8H2,1-3H3. The molecule has 0 fully saturated rings. The van der Waals surface area contributed by atoms with Crippen molar-refractivity contribution in [2.45, 2.75) is 19.9 Å². The lowest BCUT2D eigenvalue weighted by atomic mass is 10.4. The highest BCUT2D eigenvalue weighted by Crippen LogP contribution is 1.98. The second-order valence-electron chi connectivity index (χ2n) is 4.08. The number of aryl methyl sites for hydroxylation is 1. The van der Waals surface area contributed by atoms with E-state index in [0.29, 0.717) is 19.6 Å². The predicted molar refractivity (Wildman–Crippen MR) is 69.4 cm³/mol. The van der Waals surface area contributed by atoms with Crippen molar-refractivity contribution in [3.8, 4) is 0 Å². The Balaban J connectivity index is 2.21. The van der Waals surface area contributed by atoms with Crippen LogP contribution in [0.5, 0.6) is 0 Å². The highest BCUT2D eigenvalue weighted by Gasteiger charge is 2.12. The summed E-state index contributed by atoms with van der Waals surface area (Å²) in [4.78, 5) is 4.09. The lowest BCUT2D eigenvalue weighted by molar-refractivity contribution is 0.418. The van der Waals surface area contributed by atoms with E-state index in [0.717, 1.165) is 18.8 Å². The molecular weight excluding hydrogens is 254 g/mol. The normalized spacial score (nSPS) is 12.2. The molecule has 0 aromatic carbocycles. The minimum Gasteiger partial charge on any atom is -0.310 e. The van der Waals surface area contributed by atoms with Crippen molar-refractivity contribution in [1.29, 1.82) is 0 Å². The summed E-state index contributed by atoms with van der Waals surface area (Å²) in [5.41, 5.74) is 0.